The Labute approximate surface area is 251 Å². The number of H-pyrrole nitrogens is 2. The van der Waals surface area contributed by atoms with Crippen LogP contribution in [0, 0.1) is 11.7 Å². The van der Waals surface area contributed by atoms with Crippen molar-refractivity contribution in [2.45, 2.75) is 24.6 Å². The highest BCUT2D eigenvalue weighted by Crippen LogP contribution is 2.35. The molecule has 0 saturated heterocycles. The molecule has 5 N–H and O–H groups in total. The number of nitrogens with one attached hydrogen (secondary N) is 3. The number of sulfone groups is 1. The van der Waals surface area contributed by atoms with Gasteiger partial charge in [0.1, 0.15) is 16.9 Å². The first-order valence-corrected chi connectivity index (χ1v) is 15.9. The minimum atomic E-state index is -3.65. The Kier molecular flexibility index (Phi) is 6.70. The van der Waals surface area contributed by atoms with E-state index in [9.17, 15) is 17.6 Å². The predicted molar refractivity (Wildman–Crippen MR) is 165 cm³/mol. The summed E-state index contributed by atoms with van der Waals surface area (Å²) in [6.07, 6.45) is 10.5. The van der Waals surface area contributed by atoms with Gasteiger partial charge in [0.2, 0.25) is 5.91 Å². The summed E-state index contributed by atoms with van der Waals surface area (Å²) in [7, 11) is -3.65. The number of carbonyl (C=O) groups excluding carboxylic acids is 1. The number of halogens is 1. The van der Waals surface area contributed by atoms with Crippen LogP contribution in [-0.2, 0) is 14.6 Å². The van der Waals surface area contributed by atoms with Gasteiger partial charge in [-0.25, -0.2) is 12.8 Å². The molecule has 1 saturated carbocycles. The number of carbonyl (C=O) groups is 1. The average molecular weight is 611 g/mol. The van der Waals surface area contributed by atoms with E-state index >= 15 is 0 Å². The van der Waals surface area contributed by atoms with Crippen molar-refractivity contribution in [3.05, 3.63) is 78.6 Å². The highest BCUT2D eigenvalue weighted by Gasteiger charge is 2.25. The SMILES string of the molecule is CS(=O)(=O)C(N)c1cc(F)cc(-c2nccc3[nH]c(-c4n[nH]c5cnc(-c6cncc(NC(=O)C7CCC7)c6)cc45)cc23)c1. The molecule has 1 aromatic carbocycles. The van der Waals surface area contributed by atoms with Crippen LogP contribution in [0.5, 0.6) is 0 Å². The van der Waals surface area contributed by atoms with Crippen molar-refractivity contribution in [2.24, 2.45) is 11.7 Å². The first-order chi connectivity index (χ1) is 21.1. The van der Waals surface area contributed by atoms with Crippen LogP contribution in [0.4, 0.5) is 10.1 Å². The van der Waals surface area contributed by atoms with Gasteiger partial charge >= 0.3 is 0 Å². The van der Waals surface area contributed by atoms with Crippen molar-refractivity contribution < 1.29 is 17.6 Å². The third kappa shape index (κ3) is 5.09. The van der Waals surface area contributed by atoms with Gasteiger partial charge in [0.05, 0.1) is 40.7 Å². The number of fused-ring (bicyclic) bond motifs is 2. The second-order valence-corrected chi connectivity index (χ2v) is 13.3. The van der Waals surface area contributed by atoms with Crippen LogP contribution < -0.4 is 11.1 Å². The summed E-state index contributed by atoms with van der Waals surface area (Å²) in [5.74, 6) is -0.552. The van der Waals surface area contributed by atoms with Gasteiger partial charge in [0.15, 0.2) is 9.84 Å². The molecule has 1 fully saturated rings. The maximum absolute atomic E-state index is 14.7. The van der Waals surface area contributed by atoms with Crippen LogP contribution >= 0.6 is 0 Å². The lowest BCUT2D eigenvalue weighted by atomic mass is 9.85. The Morgan fingerprint density at radius 3 is 2.59 bits per heavy atom. The van der Waals surface area contributed by atoms with Gasteiger partial charge < -0.3 is 16.0 Å². The van der Waals surface area contributed by atoms with Gasteiger partial charge in [0, 0.05) is 52.0 Å². The minimum Gasteiger partial charge on any atom is -0.353 e. The van der Waals surface area contributed by atoms with E-state index in [1.807, 2.05) is 18.2 Å². The number of hydrogen-bond donors (Lipinski definition) is 4. The molecule has 0 spiro atoms. The quantitative estimate of drug-likeness (QED) is 0.193. The molecular formula is C31H27FN8O3S. The van der Waals surface area contributed by atoms with Gasteiger partial charge in [0.25, 0.3) is 0 Å². The third-order valence-electron chi connectivity index (χ3n) is 8.01. The van der Waals surface area contributed by atoms with E-state index in [2.05, 4.69) is 35.5 Å². The van der Waals surface area contributed by atoms with Gasteiger partial charge in [-0.3, -0.25) is 24.8 Å². The first-order valence-electron chi connectivity index (χ1n) is 14.0. The van der Waals surface area contributed by atoms with Crippen molar-refractivity contribution in [1.29, 1.82) is 0 Å². The normalized spacial score (nSPS) is 14.5. The zero-order valence-corrected chi connectivity index (χ0v) is 24.3. The summed E-state index contributed by atoms with van der Waals surface area (Å²) in [5, 5.41) is 10.6. The lowest BCUT2D eigenvalue weighted by Gasteiger charge is -2.24. The van der Waals surface area contributed by atoms with Crippen molar-refractivity contribution in [2.75, 3.05) is 11.6 Å². The molecular weight excluding hydrogens is 583 g/mol. The Morgan fingerprint density at radius 2 is 1.82 bits per heavy atom. The van der Waals surface area contributed by atoms with Crippen LogP contribution in [0.2, 0.25) is 0 Å². The van der Waals surface area contributed by atoms with Crippen LogP contribution in [0.15, 0.2) is 67.3 Å². The Morgan fingerprint density at radius 1 is 1.00 bits per heavy atom. The van der Waals surface area contributed by atoms with Gasteiger partial charge in [-0.15, -0.1) is 0 Å². The van der Waals surface area contributed by atoms with Crippen LogP contribution in [0.25, 0.3) is 55.7 Å². The fourth-order valence-corrected chi connectivity index (χ4v) is 6.05. The standard InChI is InChI=1S/C31H27FN8O3S/c1-44(42,43)30(33)18-7-17(8-20(32)9-18)28-22-12-26(38-24(22)5-6-35-28)29-23-11-25(36-15-27(23)39-40-29)19-10-21(14-34-13-19)37-31(41)16-3-2-4-16/h5-16,30,38H,2-4,33H2,1H3,(H,37,41)(H,39,40). The number of amides is 1. The van der Waals surface area contributed by atoms with Crippen molar-refractivity contribution in [3.63, 3.8) is 0 Å². The average Bonchev–Trinajstić information content (AvgIpc) is 3.59. The maximum Gasteiger partial charge on any atom is 0.227 e. The van der Waals surface area contributed by atoms with Crippen LogP contribution in [0.1, 0.15) is 30.2 Å². The fourth-order valence-electron chi connectivity index (χ4n) is 5.41. The largest absolute Gasteiger partial charge is 0.353 e. The predicted octanol–water partition coefficient (Wildman–Crippen LogP) is 5.11. The molecule has 0 bridgehead atoms. The molecule has 13 heteroatoms. The Balaban J connectivity index is 1.26. The molecule has 7 rings (SSSR count). The fraction of sp³-hybridized carbons (Fsp3) is 0.194. The number of pyridine rings is 3. The van der Waals surface area contributed by atoms with Crippen molar-refractivity contribution in [1.82, 2.24) is 30.1 Å². The monoisotopic (exact) mass is 610 g/mol. The number of rotatable bonds is 7. The highest BCUT2D eigenvalue weighted by atomic mass is 32.2. The molecule has 1 aliphatic carbocycles. The zero-order chi connectivity index (χ0) is 30.6. The van der Waals surface area contributed by atoms with Gasteiger partial charge in [-0.2, -0.15) is 5.10 Å². The van der Waals surface area contributed by atoms with E-state index in [1.165, 1.54) is 6.07 Å². The lowest BCUT2D eigenvalue weighted by Crippen LogP contribution is -2.28. The third-order valence-corrected chi connectivity index (χ3v) is 9.21. The first kappa shape index (κ1) is 27.8. The van der Waals surface area contributed by atoms with Gasteiger partial charge in [-0.1, -0.05) is 6.42 Å². The Bertz CT molecular complexity index is 2190. The van der Waals surface area contributed by atoms with E-state index in [-0.39, 0.29) is 17.4 Å². The van der Waals surface area contributed by atoms with Crippen LogP contribution in [-0.4, -0.2) is 50.7 Å². The number of aromatic nitrogens is 6. The number of hydrogen-bond acceptors (Lipinski definition) is 8. The van der Waals surface area contributed by atoms with E-state index in [0.29, 0.717) is 44.9 Å². The molecule has 6 aromatic rings. The smallest absolute Gasteiger partial charge is 0.227 e. The summed E-state index contributed by atoms with van der Waals surface area (Å²) in [6.45, 7) is 0. The molecule has 1 aliphatic rings. The number of nitrogens with zero attached hydrogens (tertiary/aromatic N) is 4. The molecule has 0 aliphatic heterocycles. The molecule has 0 radical (unpaired) electrons. The molecule has 222 valence electrons. The number of anilines is 1. The molecule has 1 atom stereocenters. The molecule has 44 heavy (non-hydrogen) atoms. The summed E-state index contributed by atoms with van der Waals surface area (Å²) >= 11 is 0. The second-order valence-electron chi connectivity index (χ2n) is 11.1. The van der Waals surface area contributed by atoms with E-state index in [0.717, 1.165) is 48.1 Å². The van der Waals surface area contributed by atoms with Gasteiger partial charge in [-0.05, 0) is 60.9 Å². The second kappa shape index (κ2) is 10.6. The Hall–Kier alpha value is -5.01. The van der Waals surface area contributed by atoms with E-state index < -0.39 is 21.0 Å². The zero-order valence-electron chi connectivity index (χ0n) is 23.5. The topological polar surface area (TPSA) is 172 Å². The molecule has 5 aromatic heterocycles. The summed E-state index contributed by atoms with van der Waals surface area (Å²) < 4.78 is 38.8. The number of benzene rings is 1. The number of nitrogens with two attached hydrogens (primary N) is 1. The molecule has 11 nitrogen and oxygen atoms in total. The van der Waals surface area contributed by atoms with Crippen LogP contribution in [0.3, 0.4) is 0 Å². The summed E-state index contributed by atoms with van der Waals surface area (Å²) in [5.41, 5.74) is 11.7. The maximum atomic E-state index is 14.7. The van der Waals surface area contributed by atoms with Crippen molar-refractivity contribution >= 4 is 43.2 Å². The lowest BCUT2D eigenvalue weighted by molar-refractivity contribution is -0.122. The van der Waals surface area contributed by atoms with Crippen molar-refractivity contribution in [3.8, 4) is 33.9 Å². The summed E-state index contributed by atoms with van der Waals surface area (Å²) in [4.78, 5) is 29.2. The van der Waals surface area contributed by atoms with E-state index in [4.69, 9.17) is 5.73 Å². The molecule has 1 unspecified atom stereocenters. The summed E-state index contributed by atoms with van der Waals surface area (Å²) in [6, 6.07) is 11.4. The number of aromatic amines is 2. The van der Waals surface area contributed by atoms with E-state index in [1.54, 1.807) is 36.9 Å². The molecule has 5 heterocycles. The molecule has 1 amide bonds. The highest BCUT2D eigenvalue weighted by molar-refractivity contribution is 7.90. The minimum absolute atomic E-state index is 0.0103.